The van der Waals surface area contributed by atoms with Gasteiger partial charge in [-0.25, -0.2) is 5.43 Å². The first-order valence-corrected chi connectivity index (χ1v) is 8.74. The highest BCUT2D eigenvalue weighted by Crippen LogP contribution is 2.42. The molecule has 124 valence electrons. The van der Waals surface area contributed by atoms with Crippen LogP contribution >= 0.6 is 11.6 Å². The molecule has 3 rings (SSSR count). The Balaban J connectivity index is 1.36. The van der Waals surface area contributed by atoms with Gasteiger partial charge in [0.05, 0.1) is 6.61 Å². The van der Waals surface area contributed by atoms with Crippen molar-refractivity contribution in [2.45, 2.75) is 45.4 Å². The second-order valence-corrected chi connectivity index (χ2v) is 7.02. The van der Waals surface area contributed by atoms with Crippen LogP contribution in [-0.4, -0.2) is 18.2 Å². The maximum absolute atomic E-state index is 11.8. The van der Waals surface area contributed by atoms with Crippen molar-refractivity contribution in [3.05, 3.63) is 28.8 Å². The lowest BCUT2D eigenvalue weighted by Crippen LogP contribution is -2.22. The Hall–Kier alpha value is -1.55. The summed E-state index contributed by atoms with van der Waals surface area (Å²) in [6.45, 7) is 2.47. The molecular weight excluding hydrogens is 312 g/mol. The Morgan fingerprint density at radius 2 is 2.30 bits per heavy atom. The zero-order chi connectivity index (χ0) is 16.2. The van der Waals surface area contributed by atoms with Crippen molar-refractivity contribution in [1.29, 1.82) is 0 Å². The molecule has 0 aromatic heterocycles. The lowest BCUT2D eigenvalue weighted by molar-refractivity contribution is -0.121. The van der Waals surface area contributed by atoms with Crippen LogP contribution in [0, 0.1) is 18.8 Å². The van der Waals surface area contributed by atoms with E-state index in [-0.39, 0.29) is 5.91 Å². The summed E-state index contributed by atoms with van der Waals surface area (Å²) in [4.78, 5) is 11.8. The number of nitrogens with one attached hydrogen (secondary N) is 1. The predicted octanol–water partition coefficient (Wildman–Crippen LogP) is 4.10. The molecule has 0 radical (unpaired) electrons. The van der Waals surface area contributed by atoms with Gasteiger partial charge < -0.3 is 4.74 Å². The van der Waals surface area contributed by atoms with Gasteiger partial charge in [-0.15, -0.1) is 0 Å². The van der Waals surface area contributed by atoms with Crippen LogP contribution in [0.1, 0.15) is 44.1 Å². The number of rotatable bonds is 6. The molecule has 2 atom stereocenters. The average Bonchev–Trinajstić information content (AvgIpc) is 3.14. The van der Waals surface area contributed by atoms with Crippen molar-refractivity contribution in [2.75, 3.05) is 6.61 Å². The van der Waals surface area contributed by atoms with Gasteiger partial charge in [0, 0.05) is 17.2 Å². The zero-order valence-corrected chi connectivity index (χ0v) is 14.2. The molecule has 0 spiro atoms. The summed E-state index contributed by atoms with van der Waals surface area (Å²) < 4.78 is 5.69. The minimum Gasteiger partial charge on any atom is -0.493 e. The third-order valence-corrected chi connectivity index (χ3v) is 5.01. The minimum absolute atomic E-state index is 0.0308. The summed E-state index contributed by atoms with van der Waals surface area (Å²) in [7, 11) is 0. The molecule has 4 nitrogen and oxygen atoms in total. The molecule has 0 saturated heterocycles. The SMILES string of the molecule is Cc1cc(Cl)ccc1OCCCC(=O)N/N=C1\CC2CCC1C2. The van der Waals surface area contributed by atoms with Crippen molar-refractivity contribution >= 4 is 23.2 Å². The van der Waals surface area contributed by atoms with Gasteiger partial charge in [-0.2, -0.15) is 5.10 Å². The van der Waals surface area contributed by atoms with E-state index in [0.717, 1.165) is 23.7 Å². The highest BCUT2D eigenvalue weighted by atomic mass is 35.5. The fourth-order valence-electron chi connectivity index (χ4n) is 3.54. The summed E-state index contributed by atoms with van der Waals surface area (Å²) in [5.41, 5.74) is 4.90. The van der Waals surface area contributed by atoms with E-state index < -0.39 is 0 Å². The van der Waals surface area contributed by atoms with Crippen LogP contribution in [0.2, 0.25) is 5.02 Å². The fraction of sp³-hybridized carbons (Fsp3) is 0.556. The summed E-state index contributed by atoms with van der Waals surface area (Å²) in [5.74, 6) is 2.22. The highest BCUT2D eigenvalue weighted by Gasteiger charge is 2.36. The molecule has 5 heteroatoms. The van der Waals surface area contributed by atoms with E-state index in [1.807, 2.05) is 25.1 Å². The number of hydrogen-bond donors (Lipinski definition) is 1. The van der Waals surface area contributed by atoms with E-state index in [2.05, 4.69) is 10.5 Å². The van der Waals surface area contributed by atoms with Crippen LogP contribution in [0.4, 0.5) is 0 Å². The van der Waals surface area contributed by atoms with E-state index in [0.29, 0.717) is 30.4 Å². The normalized spacial score (nSPS) is 24.2. The number of hydrogen-bond acceptors (Lipinski definition) is 3. The molecule has 1 aromatic carbocycles. The second-order valence-electron chi connectivity index (χ2n) is 6.58. The first kappa shape index (κ1) is 16.3. The smallest absolute Gasteiger partial charge is 0.240 e. The van der Waals surface area contributed by atoms with Crippen molar-refractivity contribution in [3.8, 4) is 5.75 Å². The van der Waals surface area contributed by atoms with Crippen LogP contribution < -0.4 is 10.2 Å². The summed E-state index contributed by atoms with van der Waals surface area (Å²) in [6.07, 6.45) is 6.02. The molecule has 1 aromatic rings. The minimum atomic E-state index is -0.0308. The zero-order valence-electron chi connectivity index (χ0n) is 13.5. The van der Waals surface area contributed by atoms with E-state index in [1.165, 1.54) is 25.0 Å². The van der Waals surface area contributed by atoms with Crippen LogP contribution in [0.5, 0.6) is 5.75 Å². The Morgan fingerprint density at radius 1 is 1.43 bits per heavy atom. The largest absolute Gasteiger partial charge is 0.493 e. The number of ether oxygens (including phenoxy) is 1. The molecule has 2 unspecified atom stereocenters. The molecule has 2 aliphatic carbocycles. The fourth-order valence-corrected chi connectivity index (χ4v) is 3.77. The maximum Gasteiger partial charge on any atom is 0.240 e. The first-order chi connectivity index (χ1) is 11.1. The first-order valence-electron chi connectivity index (χ1n) is 8.36. The van der Waals surface area contributed by atoms with Crippen LogP contribution in [0.25, 0.3) is 0 Å². The number of nitrogens with zero attached hydrogens (tertiary/aromatic N) is 1. The summed E-state index contributed by atoms with van der Waals surface area (Å²) >= 11 is 5.91. The molecule has 1 N–H and O–H groups in total. The van der Waals surface area contributed by atoms with Gasteiger partial charge in [0.1, 0.15) is 5.75 Å². The number of halogens is 1. The molecule has 1 amide bonds. The third kappa shape index (κ3) is 4.25. The number of fused-ring (bicyclic) bond motifs is 2. The van der Waals surface area contributed by atoms with Crippen molar-refractivity contribution in [1.82, 2.24) is 5.43 Å². The quantitative estimate of drug-likeness (QED) is 0.629. The van der Waals surface area contributed by atoms with E-state index >= 15 is 0 Å². The molecule has 2 saturated carbocycles. The molecule has 0 aliphatic heterocycles. The Kier molecular flexibility index (Phi) is 5.21. The summed E-state index contributed by atoms with van der Waals surface area (Å²) in [6, 6.07) is 5.54. The maximum atomic E-state index is 11.8. The van der Waals surface area contributed by atoms with Crippen molar-refractivity contribution in [2.24, 2.45) is 16.9 Å². The number of amides is 1. The lowest BCUT2D eigenvalue weighted by atomic mass is 9.99. The molecule has 23 heavy (non-hydrogen) atoms. The molecular formula is C18H23ClN2O2. The lowest BCUT2D eigenvalue weighted by Gasteiger charge is -2.12. The van der Waals surface area contributed by atoms with Crippen LogP contribution in [0.15, 0.2) is 23.3 Å². The molecule has 2 bridgehead atoms. The molecule has 2 fully saturated rings. The number of carbonyl (C=O) groups is 1. The number of aryl methyl sites for hydroxylation is 1. The second kappa shape index (κ2) is 7.35. The predicted molar refractivity (Wildman–Crippen MR) is 91.9 cm³/mol. The van der Waals surface area contributed by atoms with Crippen molar-refractivity contribution < 1.29 is 9.53 Å². The molecule has 0 heterocycles. The van der Waals surface area contributed by atoms with E-state index in [4.69, 9.17) is 16.3 Å². The Bertz CT molecular complexity index is 615. The van der Waals surface area contributed by atoms with Crippen LogP contribution in [0.3, 0.4) is 0 Å². The van der Waals surface area contributed by atoms with Gasteiger partial charge >= 0.3 is 0 Å². The van der Waals surface area contributed by atoms with Gasteiger partial charge in [-0.1, -0.05) is 11.6 Å². The molecule has 2 aliphatic rings. The van der Waals surface area contributed by atoms with Gasteiger partial charge in [-0.05, 0) is 74.6 Å². The number of benzene rings is 1. The average molecular weight is 335 g/mol. The van der Waals surface area contributed by atoms with Gasteiger partial charge in [0.2, 0.25) is 5.91 Å². The van der Waals surface area contributed by atoms with Gasteiger partial charge in [0.25, 0.3) is 0 Å². The number of carbonyl (C=O) groups excluding carboxylic acids is 1. The van der Waals surface area contributed by atoms with Crippen LogP contribution in [-0.2, 0) is 4.79 Å². The van der Waals surface area contributed by atoms with E-state index in [1.54, 1.807) is 0 Å². The van der Waals surface area contributed by atoms with Crippen molar-refractivity contribution in [3.63, 3.8) is 0 Å². The Labute approximate surface area is 142 Å². The van der Waals surface area contributed by atoms with E-state index in [9.17, 15) is 4.79 Å². The standard InChI is InChI=1S/C18H23ClN2O2/c1-12-9-15(19)6-7-17(12)23-8-2-3-18(22)21-20-16-11-13-4-5-14(16)10-13/h6-7,9,13-14H,2-5,8,10-11H2,1H3,(H,21,22)/b20-16+. The highest BCUT2D eigenvalue weighted by molar-refractivity contribution is 6.30. The van der Waals surface area contributed by atoms with Gasteiger partial charge in [-0.3, -0.25) is 4.79 Å². The monoisotopic (exact) mass is 334 g/mol. The Morgan fingerprint density at radius 3 is 3.00 bits per heavy atom. The van der Waals surface area contributed by atoms with Gasteiger partial charge in [0.15, 0.2) is 0 Å². The third-order valence-electron chi connectivity index (χ3n) is 4.78. The summed E-state index contributed by atoms with van der Waals surface area (Å²) in [5, 5.41) is 5.03. The topological polar surface area (TPSA) is 50.7 Å². The number of hydrazone groups is 1.